The summed E-state index contributed by atoms with van der Waals surface area (Å²) in [4.78, 5) is 11.6. The minimum atomic E-state index is -0.672. The zero-order valence-corrected chi connectivity index (χ0v) is 12.2. The predicted octanol–water partition coefficient (Wildman–Crippen LogP) is 3.95. The molecule has 2 N–H and O–H groups in total. The molecule has 0 saturated heterocycles. The monoisotopic (exact) mass is 309 g/mol. The molecule has 0 aliphatic rings. The molecule has 0 amide bonds. The molecule has 0 spiro atoms. The van der Waals surface area contributed by atoms with Gasteiger partial charge in [-0.1, -0.05) is 11.6 Å². The number of ether oxygens (including phenoxy) is 2. The van der Waals surface area contributed by atoms with Crippen molar-refractivity contribution in [3.8, 4) is 11.5 Å². The third-order valence-electron chi connectivity index (χ3n) is 2.87. The number of methoxy groups -OCH3 is 1. The maximum atomic E-state index is 13.9. The van der Waals surface area contributed by atoms with Crippen LogP contribution in [0.4, 0.5) is 10.1 Å². The molecule has 2 aromatic carbocycles. The van der Waals surface area contributed by atoms with E-state index in [1.807, 2.05) is 0 Å². The first-order valence-electron chi connectivity index (χ1n) is 6.03. The summed E-state index contributed by atoms with van der Waals surface area (Å²) in [6.07, 6.45) is 0. The summed E-state index contributed by atoms with van der Waals surface area (Å²) >= 11 is 5.85. The highest BCUT2D eigenvalue weighted by Gasteiger charge is 2.16. The lowest BCUT2D eigenvalue weighted by Gasteiger charge is -2.12. The number of rotatable bonds is 3. The summed E-state index contributed by atoms with van der Waals surface area (Å²) in [5, 5.41) is 0.549. The SMILES string of the molecule is COC(=O)c1cc(Oc2ccc(Cl)cc2C)c(F)cc1N. The first-order chi connectivity index (χ1) is 9.92. The van der Waals surface area contributed by atoms with E-state index >= 15 is 0 Å². The minimum Gasteiger partial charge on any atom is -0.465 e. The lowest BCUT2D eigenvalue weighted by Crippen LogP contribution is -2.07. The number of benzene rings is 2. The van der Waals surface area contributed by atoms with Gasteiger partial charge in [0.2, 0.25) is 0 Å². The topological polar surface area (TPSA) is 61.5 Å². The molecule has 2 aromatic rings. The number of anilines is 1. The van der Waals surface area contributed by atoms with Crippen LogP contribution in [-0.4, -0.2) is 13.1 Å². The van der Waals surface area contributed by atoms with Gasteiger partial charge in [-0.2, -0.15) is 0 Å². The predicted molar refractivity (Wildman–Crippen MR) is 78.4 cm³/mol. The standard InChI is InChI=1S/C15H13ClFNO3/c1-8-5-9(16)3-4-13(8)21-14-6-10(15(19)20-2)12(18)7-11(14)17/h3-7H,18H2,1-2H3. The Bertz CT molecular complexity index is 704. The van der Waals surface area contributed by atoms with E-state index in [9.17, 15) is 9.18 Å². The molecule has 6 heteroatoms. The number of hydrogen-bond donors (Lipinski definition) is 1. The lowest BCUT2D eigenvalue weighted by molar-refractivity contribution is 0.0601. The van der Waals surface area contributed by atoms with Gasteiger partial charge in [-0.05, 0) is 30.7 Å². The molecule has 2 rings (SSSR count). The van der Waals surface area contributed by atoms with Gasteiger partial charge in [0.25, 0.3) is 0 Å². The lowest BCUT2D eigenvalue weighted by atomic mass is 10.1. The van der Waals surface area contributed by atoms with Crippen LogP contribution in [0.2, 0.25) is 5.02 Å². The van der Waals surface area contributed by atoms with E-state index in [0.29, 0.717) is 10.8 Å². The van der Waals surface area contributed by atoms with E-state index in [1.165, 1.54) is 13.2 Å². The van der Waals surface area contributed by atoms with E-state index in [1.54, 1.807) is 25.1 Å². The fourth-order valence-corrected chi connectivity index (χ4v) is 2.01. The third-order valence-corrected chi connectivity index (χ3v) is 3.10. The van der Waals surface area contributed by atoms with Gasteiger partial charge in [0, 0.05) is 22.8 Å². The van der Waals surface area contributed by atoms with Crippen LogP contribution in [-0.2, 0) is 4.74 Å². The molecule has 0 saturated carbocycles. The number of nitrogen functional groups attached to an aromatic ring is 1. The highest BCUT2D eigenvalue weighted by atomic mass is 35.5. The van der Waals surface area contributed by atoms with E-state index < -0.39 is 11.8 Å². The van der Waals surface area contributed by atoms with Crippen LogP contribution < -0.4 is 10.5 Å². The van der Waals surface area contributed by atoms with Crippen molar-refractivity contribution >= 4 is 23.3 Å². The summed E-state index contributed by atoms with van der Waals surface area (Å²) in [5.74, 6) is -1.02. The molecule has 0 heterocycles. The maximum Gasteiger partial charge on any atom is 0.340 e. The van der Waals surface area contributed by atoms with Crippen LogP contribution in [0.25, 0.3) is 0 Å². The van der Waals surface area contributed by atoms with Gasteiger partial charge >= 0.3 is 5.97 Å². The van der Waals surface area contributed by atoms with Crippen molar-refractivity contribution in [1.29, 1.82) is 0 Å². The zero-order valence-electron chi connectivity index (χ0n) is 11.4. The number of hydrogen-bond acceptors (Lipinski definition) is 4. The van der Waals surface area contributed by atoms with Crippen molar-refractivity contribution in [2.24, 2.45) is 0 Å². The Labute approximate surface area is 126 Å². The van der Waals surface area contributed by atoms with Gasteiger partial charge < -0.3 is 15.2 Å². The zero-order chi connectivity index (χ0) is 15.6. The summed E-state index contributed by atoms with van der Waals surface area (Å²) in [7, 11) is 1.22. The molecular formula is C15H13ClFNO3. The molecule has 0 radical (unpaired) electrons. The van der Waals surface area contributed by atoms with Gasteiger partial charge in [-0.15, -0.1) is 0 Å². The second-order valence-electron chi connectivity index (χ2n) is 4.37. The van der Waals surface area contributed by atoms with Crippen molar-refractivity contribution in [2.45, 2.75) is 6.92 Å². The smallest absolute Gasteiger partial charge is 0.340 e. The average Bonchev–Trinajstić information content (AvgIpc) is 2.43. The second-order valence-corrected chi connectivity index (χ2v) is 4.81. The maximum absolute atomic E-state index is 13.9. The Morgan fingerprint density at radius 1 is 1.24 bits per heavy atom. The van der Waals surface area contributed by atoms with Gasteiger partial charge in [0.1, 0.15) is 5.75 Å². The molecule has 0 bridgehead atoms. The van der Waals surface area contributed by atoms with Crippen molar-refractivity contribution in [2.75, 3.05) is 12.8 Å². The Hall–Kier alpha value is -2.27. The first kappa shape index (κ1) is 15.1. The van der Waals surface area contributed by atoms with Gasteiger partial charge in [-0.25, -0.2) is 9.18 Å². The molecule has 0 unspecified atom stereocenters. The number of aryl methyl sites for hydroxylation is 1. The number of carbonyl (C=O) groups is 1. The largest absolute Gasteiger partial charge is 0.465 e. The Balaban J connectivity index is 2.42. The molecular weight excluding hydrogens is 297 g/mol. The van der Waals surface area contributed by atoms with Crippen molar-refractivity contribution in [3.05, 3.63) is 52.3 Å². The van der Waals surface area contributed by atoms with E-state index in [0.717, 1.165) is 11.6 Å². The van der Waals surface area contributed by atoms with E-state index in [2.05, 4.69) is 4.74 Å². The number of nitrogens with two attached hydrogens (primary N) is 1. The number of carbonyl (C=O) groups excluding carboxylic acids is 1. The molecule has 0 aliphatic carbocycles. The Morgan fingerprint density at radius 3 is 2.57 bits per heavy atom. The van der Waals surface area contributed by atoms with Crippen molar-refractivity contribution in [1.82, 2.24) is 0 Å². The molecule has 0 aromatic heterocycles. The van der Waals surface area contributed by atoms with E-state index in [-0.39, 0.29) is 17.0 Å². The summed E-state index contributed by atoms with van der Waals surface area (Å²) in [6.45, 7) is 1.78. The number of halogens is 2. The van der Waals surface area contributed by atoms with E-state index in [4.69, 9.17) is 22.1 Å². The van der Waals surface area contributed by atoms with Crippen LogP contribution in [0.5, 0.6) is 11.5 Å². The second kappa shape index (κ2) is 6.01. The summed E-state index contributed by atoms with van der Waals surface area (Å²) in [6, 6.07) is 7.16. The molecule has 21 heavy (non-hydrogen) atoms. The van der Waals surface area contributed by atoms with Gasteiger partial charge in [0.05, 0.1) is 12.7 Å². The Kier molecular flexibility index (Phi) is 4.33. The minimum absolute atomic E-state index is 0.0143. The van der Waals surface area contributed by atoms with Crippen LogP contribution in [0.1, 0.15) is 15.9 Å². The van der Waals surface area contributed by atoms with Crippen molar-refractivity contribution in [3.63, 3.8) is 0 Å². The summed E-state index contributed by atoms with van der Waals surface area (Å²) < 4.78 is 24.0. The average molecular weight is 310 g/mol. The van der Waals surface area contributed by atoms with Crippen LogP contribution >= 0.6 is 11.6 Å². The fourth-order valence-electron chi connectivity index (χ4n) is 1.78. The third kappa shape index (κ3) is 3.25. The quantitative estimate of drug-likeness (QED) is 0.689. The summed E-state index contributed by atoms with van der Waals surface area (Å²) in [5.41, 5.74) is 6.36. The first-order valence-corrected chi connectivity index (χ1v) is 6.41. The molecule has 4 nitrogen and oxygen atoms in total. The van der Waals surface area contributed by atoms with Crippen LogP contribution in [0.15, 0.2) is 30.3 Å². The number of esters is 1. The highest BCUT2D eigenvalue weighted by molar-refractivity contribution is 6.30. The van der Waals surface area contributed by atoms with Crippen LogP contribution in [0.3, 0.4) is 0 Å². The highest BCUT2D eigenvalue weighted by Crippen LogP contribution is 2.31. The molecule has 0 aliphatic heterocycles. The Morgan fingerprint density at radius 2 is 1.95 bits per heavy atom. The van der Waals surface area contributed by atoms with Gasteiger partial charge in [0.15, 0.2) is 11.6 Å². The fraction of sp³-hybridized carbons (Fsp3) is 0.133. The molecule has 0 fully saturated rings. The van der Waals surface area contributed by atoms with Crippen LogP contribution in [0, 0.1) is 12.7 Å². The molecule has 110 valence electrons. The van der Waals surface area contributed by atoms with Gasteiger partial charge in [-0.3, -0.25) is 0 Å². The normalized spacial score (nSPS) is 10.3. The van der Waals surface area contributed by atoms with Crippen molar-refractivity contribution < 1.29 is 18.7 Å². The molecule has 0 atom stereocenters.